The molecule has 2 heterocycles. The molecule has 0 fully saturated rings. The maximum absolute atomic E-state index is 5.36. The van der Waals surface area contributed by atoms with Gasteiger partial charge in [-0.05, 0) is 100 Å². The number of nitrogens with zero attached hydrogens (tertiary/aromatic N) is 3. The fourth-order valence-electron chi connectivity index (χ4n) is 7.09. The van der Waals surface area contributed by atoms with E-state index >= 15 is 0 Å². The molecule has 8 rings (SSSR count). The number of fused-ring (bicyclic) bond motifs is 1. The number of pyridine rings is 1. The molecule has 8 aromatic rings. The molecule has 0 spiro atoms. The van der Waals surface area contributed by atoms with E-state index < -0.39 is 0 Å². The molecule has 0 aliphatic heterocycles. The molecule has 0 atom stereocenters. The highest BCUT2D eigenvalue weighted by Gasteiger charge is 2.18. The quantitative estimate of drug-likeness (QED) is 0.177. The summed E-state index contributed by atoms with van der Waals surface area (Å²) in [6, 6.07) is 51.9. The van der Waals surface area contributed by atoms with Gasteiger partial charge >= 0.3 is 0 Å². The van der Waals surface area contributed by atoms with Gasteiger partial charge in [0, 0.05) is 28.5 Å². The third-order valence-electron chi connectivity index (χ3n) is 9.91. The number of aromatic nitrogens is 3. The van der Waals surface area contributed by atoms with Gasteiger partial charge in [-0.1, -0.05) is 136 Å². The minimum Gasteiger partial charge on any atom is -0.256 e. The van der Waals surface area contributed by atoms with Crippen LogP contribution < -0.4 is 0 Å². The van der Waals surface area contributed by atoms with Gasteiger partial charge in [-0.3, -0.25) is 9.97 Å². The van der Waals surface area contributed by atoms with Gasteiger partial charge < -0.3 is 0 Å². The molecule has 0 amide bonds. The first-order valence-corrected chi connectivity index (χ1v) is 17.9. The van der Waals surface area contributed by atoms with Crippen molar-refractivity contribution in [2.24, 2.45) is 0 Å². The molecule has 3 heteroatoms. The number of aryl methyl sites for hydroxylation is 2. The zero-order chi connectivity index (χ0) is 35.8. The second kappa shape index (κ2) is 13.5. The summed E-state index contributed by atoms with van der Waals surface area (Å²) in [5.41, 5.74) is 18.4. The molecule has 52 heavy (non-hydrogen) atoms. The molecule has 0 bridgehead atoms. The van der Waals surface area contributed by atoms with Crippen LogP contribution >= 0.6 is 0 Å². The van der Waals surface area contributed by atoms with Crippen LogP contribution in [0.2, 0.25) is 0 Å². The fraction of sp³-hybridized carbons (Fsp3) is 0.122. The zero-order valence-electron chi connectivity index (χ0n) is 30.4. The molecule has 0 aliphatic rings. The first kappa shape index (κ1) is 33.0. The largest absolute Gasteiger partial charge is 0.256 e. The van der Waals surface area contributed by atoms with E-state index in [0.29, 0.717) is 0 Å². The molecule has 0 radical (unpaired) electrons. The van der Waals surface area contributed by atoms with E-state index in [0.717, 1.165) is 61.4 Å². The lowest BCUT2D eigenvalue weighted by Crippen LogP contribution is -2.11. The second-order valence-corrected chi connectivity index (χ2v) is 14.7. The number of benzene rings is 6. The Morgan fingerprint density at radius 2 is 1.02 bits per heavy atom. The highest BCUT2D eigenvalue weighted by molar-refractivity contribution is 6.02. The summed E-state index contributed by atoms with van der Waals surface area (Å²) in [7, 11) is 0. The lowest BCUT2D eigenvalue weighted by atomic mass is 9.86. The third-order valence-corrected chi connectivity index (χ3v) is 9.91. The molecular formula is C49H41N3. The molecule has 252 valence electrons. The SMILES string of the molecule is Cc1ccc(-c2cc(-c3ccccc3)cc(-c3ccc(-c4cccc(-c5cc(C(C)(C)C)ccn5)c4)c4nc(-c5ccccc5)cnc34)c2)c(C)c1. The number of rotatable bonds is 6. The van der Waals surface area contributed by atoms with Crippen LogP contribution in [0.4, 0.5) is 0 Å². The smallest absolute Gasteiger partial charge is 0.0979 e. The predicted octanol–water partition coefficient (Wildman–Crippen LogP) is 12.9. The minimum atomic E-state index is 0.0284. The van der Waals surface area contributed by atoms with Crippen molar-refractivity contribution >= 4 is 11.0 Å². The highest BCUT2D eigenvalue weighted by atomic mass is 14.8. The molecule has 0 saturated heterocycles. The summed E-state index contributed by atoms with van der Waals surface area (Å²) < 4.78 is 0. The van der Waals surface area contributed by atoms with Crippen molar-refractivity contribution in [3.05, 3.63) is 175 Å². The summed E-state index contributed by atoms with van der Waals surface area (Å²) in [5, 5.41) is 0. The standard InChI is InChI=1S/C49H41N3/c1-32-19-20-42(33(2)25-32)39-27-38(34-13-8-6-9-14-34)28-40(29-39)44-22-21-43(48-47(44)51-31-46(52-48)35-15-10-7-11-16-35)36-17-12-18-37(26-36)45-30-41(23-24-50-45)49(3,4)5/h6-31H,1-5H3. The molecule has 3 nitrogen and oxygen atoms in total. The van der Waals surface area contributed by atoms with E-state index in [2.05, 4.69) is 162 Å². The van der Waals surface area contributed by atoms with E-state index in [4.69, 9.17) is 15.0 Å². The number of hydrogen-bond acceptors (Lipinski definition) is 3. The van der Waals surface area contributed by atoms with E-state index in [1.807, 2.05) is 30.6 Å². The van der Waals surface area contributed by atoms with Crippen LogP contribution in [0.25, 0.3) is 78.1 Å². The van der Waals surface area contributed by atoms with Crippen molar-refractivity contribution in [2.75, 3.05) is 0 Å². The van der Waals surface area contributed by atoms with Crippen molar-refractivity contribution in [3.8, 4) is 67.0 Å². The summed E-state index contributed by atoms with van der Waals surface area (Å²) in [6.45, 7) is 11.0. The van der Waals surface area contributed by atoms with Crippen molar-refractivity contribution in [3.63, 3.8) is 0 Å². The maximum atomic E-state index is 5.36. The van der Waals surface area contributed by atoms with E-state index in [-0.39, 0.29) is 5.41 Å². The number of hydrogen-bond donors (Lipinski definition) is 0. The van der Waals surface area contributed by atoms with Crippen molar-refractivity contribution in [1.82, 2.24) is 15.0 Å². The molecular weight excluding hydrogens is 631 g/mol. The first-order valence-electron chi connectivity index (χ1n) is 17.9. The van der Waals surface area contributed by atoms with Gasteiger partial charge in [0.1, 0.15) is 0 Å². The van der Waals surface area contributed by atoms with Crippen LogP contribution in [0.5, 0.6) is 0 Å². The third kappa shape index (κ3) is 6.54. The van der Waals surface area contributed by atoms with E-state index in [1.54, 1.807) is 0 Å². The molecule has 0 unspecified atom stereocenters. The van der Waals surface area contributed by atoms with E-state index in [9.17, 15) is 0 Å². The minimum absolute atomic E-state index is 0.0284. The average Bonchev–Trinajstić information content (AvgIpc) is 3.17. The van der Waals surface area contributed by atoms with Gasteiger partial charge in [0.15, 0.2) is 0 Å². The Bertz CT molecular complexity index is 2560. The van der Waals surface area contributed by atoms with Crippen LogP contribution in [-0.2, 0) is 5.41 Å². The maximum Gasteiger partial charge on any atom is 0.0979 e. The van der Waals surface area contributed by atoms with Gasteiger partial charge in [-0.15, -0.1) is 0 Å². The van der Waals surface area contributed by atoms with Crippen molar-refractivity contribution < 1.29 is 0 Å². The van der Waals surface area contributed by atoms with Gasteiger partial charge in [-0.2, -0.15) is 0 Å². The van der Waals surface area contributed by atoms with Gasteiger partial charge in [-0.25, -0.2) is 4.98 Å². The van der Waals surface area contributed by atoms with Crippen molar-refractivity contribution in [1.29, 1.82) is 0 Å². The van der Waals surface area contributed by atoms with Crippen molar-refractivity contribution in [2.45, 2.75) is 40.0 Å². The predicted molar refractivity (Wildman–Crippen MR) is 218 cm³/mol. The molecule has 6 aromatic carbocycles. The normalized spacial score (nSPS) is 11.6. The Morgan fingerprint density at radius 1 is 0.423 bits per heavy atom. The molecule has 0 aliphatic carbocycles. The van der Waals surface area contributed by atoms with Gasteiger partial charge in [0.25, 0.3) is 0 Å². The monoisotopic (exact) mass is 671 g/mol. The Balaban J connectivity index is 1.34. The molecule has 0 N–H and O–H groups in total. The molecule has 2 aromatic heterocycles. The molecule has 0 saturated carbocycles. The Morgan fingerprint density at radius 3 is 1.73 bits per heavy atom. The lowest BCUT2D eigenvalue weighted by molar-refractivity contribution is 0.589. The zero-order valence-corrected chi connectivity index (χ0v) is 30.4. The Hall–Kier alpha value is -6.19. The Kier molecular flexibility index (Phi) is 8.56. The second-order valence-electron chi connectivity index (χ2n) is 14.7. The van der Waals surface area contributed by atoms with Crippen LogP contribution in [0.1, 0.15) is 37.5 Å². The summed E-state index contributed by atoms with van der Waals surface area (Å²) in [6.07, 6.45) is 3.83. The summed E-state index contributed by atoms with van der Waals surface area (Å²) >= 11 is 0. The van der Waals surface area contributed by atoms with E-state index in [1.165, 1.54) is 33.4 Å². The lowest BCUT2D eigenvalue weighted by Gasteiger charge is -2.19. The van der Waals surface area contributed by atoms with Crippen LogP contribution in [0, 0.1) is 13.8 Å². The summed E-state index contributed by atoms with van der Waals surface area (Å²) in [4.78, 5) is 15.3. The first-order chi connectivity index (χ1) is 25.2. The van der Waals surface area contributed by atoms with Crippen LogP contribution in [0.15, 0.2) is 158 Å². The van der Waals surface area contributed by atoms with Gasteiger partial charge in [0.05, 0.1) is 28.6 Å². The van der Waals surface area contributed by atoms with Crippen LogP contribution in [-0.4, -0.2) is 15.0 Å². The van der Waals surface area contributed by atoms with Gasteiger partial charge in [0.2, 0.25) is 0 Å². The average molecular weight is 672 g/mol. The van der Waals surface area contributed by atoms with Crippen LogP contribution in [0.3, 0.4) is 0 Å². The highest BCUT2D eigenvalue weighted by Crippen LogP contribution is 2.40. The summed E-state index contributed by atoms with van der Waals surface area (Å²) in [5.74, 6) is 0. The topological polar surface area (TPSA) is 38.7 Å². The Labute approximate surface area is 306 Å². The fourth-order valence-corrected chi connectivity index (χ4v) is 7.09.